The highest BCUT2D eigenvalue weighted by molar-refractivity contribution is 5.76. The summed E-state index contributed by atoms with van der Waals surface area (Å²) < 4.78 is 0. The van der Waals surface area contributed by atoms with E-state index in [1.54, 1.807) is 0 Å². The van der Waals surface area contributed by atoms with Gasteiger partial charge in [-0.15, -0.1) is 0 Å². The van der Waals surface area contributed by atoms with Gasteiger partial charge in [0.2, 0.25) is 5.91 Å². The number of carbonyl (C=O) groups is 1. The van der Waals surface area contributed by atoms with Crippen molar-refractivity contribution >= 4 is 5.91 Å². The molecule has 2 aromatic rings. The molecular formula is C19H21NO. The Balaban J connectivity index is 1.53. The molecule has 1 heterocycles. The quantitative estimate of drug-likeness (QED) is 0.837. The van der Waals surface area contributed by atoms with Crippen LogP contribution in [0, 0.1) is 0 Å². The number of hydrogen-bond acceptors (Lipinski definition) is 1. The van der Waals surface area contributed by atoms with Crippen molar-refractivity contribution in [3.05, 3.63) is 71.8 Å². The van der Waals surface area contributed by atoms with Crippen LogP contribution < -0.4 is 0 Å². The Hall–Kier alpha value is -2.09. The summed E-state index contributed by atoms with van der Waals surface area (Å²) in [5.41, 5.74) is 2.60. The smallest absolute Gasteiger partial charge is 0.222 e. The Morgan fingerprint density at radius 2 is 1.67 bits per heavy atom. The molecule has 0 radical (unpaired) electrons. The average Bonchev–Trinajstić information content (AvgIpc) is 3.04. The first kappa shape index (κ1) is 13.9. The molecule has 2 nitrogen and oxygen atoms in total. The van der Waals surface area contributed by atoms with Crippen LogP contribution in [0.25, 0.3) is 0 Å². The third-order valence-corrected chi connectivity index (χ3v) is 4.28. The fourth-order valence-corrected chi connectivity index (χ4v) is 3.04. The fourth-order valence-electron chi connectivity index (χ4n) is 3.04. The molecule has 0 aliphatic carbocycles. The second-order valence-electron chi connectivity index (χ2n) is 5.72. The molecule has 1 aliphatic heterocycles. The molecule has 1 fully saturated rings. The predicted octanol–water partition coefficient (Wildman–Crippen LogP) is 3.64. The van der Waals surface area contributed by atoms with Gasteiger partial charge in [-0.05, 0) is 24.0 Å². The number of amides is 1. The highest BCUT2D eigenvalue weighted by atomic mass is 16.2. The number of nitrogens with zero attached hydrogens (tertiary/aromatic N) is 1. The van der Waals surface area contributed by atoms with Crippen molar-refractivity contribution in [3.8, 4) is 0 Å². The van der Waals surface area contributed by atoms with Crippen LogP contribution in [-0.2, 0) is 11.2 Å². The molecule has 21 heavy (non-hydrogen) atoms. The normalized spacial score (nSPS) is 17.9. The molecule has 1 saturated heterocycles. The first-order valence-electron chi connectivity index (χ1n) is 7.69. The first-order valence-corrected chi connectivity index (χ1v) is 7.69. The second-order valence-corrected chi connectivity index (χ2v) is 5.72. The van der Waals surface area contributed by atoms with Gasteiger partial charge in [0.05, 0.1) is 0 Å². The van der Waals surface area contributed by atoms with Gasteiger partial charge in [0.25, 0.3) is 0 Å². The van der Waals surface area contributed by atoms with E-state index in [0.717, 1.165) is 25.9 Å². The SMILES string of the molecule is O=C(CCc1ccccc1)N1CCC(c2ccccc2)C1. The maximum atomic E-state index is 12.3. The maximum Gasteiger partial charge on any atom is 0.222 e. The molecule has 2 aromatic carbocycles. The van der Waals surface area contributed by atoms with Crippen molar-refractivity contribution in [3.63, 3.8) is 0 Å². The standard InChI is InChI=1S/C19H21NO/c21-19(12-11-16-7-3-1-4-8-16)20-14-13-18(15-20)17-9-5-2-6-10-17/h1-10,18H,11-15H2. The molecular weight excluding hydrogens is 258 g/mol. The topological polar surface area (TPSA) is 20.3 Å². The summed E-state index contributed by atoms with van der Waals surface area (Å²) in [5.74, 6) is 0.796. The molecule has 0 aromatic heterocycles. The van der Waals surface area contributed by atoms with E-state index in [-0.39, 0.29) is 5.91 Å². The number of aryl methyl sites for hydroxylation is 1. The van der Waals surface area contributed by atoms with Crippen LogP contribution >= 0.6 is 0 Å². The molecule has 0 bridgehead atoms. The van der Waals surface area contributed by atoms with E-state index in [0.29, 0.717) is 12.3 Å². The Labute approximate surface area is 126 Å². The van der Waals surface area contributed by atoms with Gasteiger partial charge < -0.3 is 4.90 Å². The molecule has 108 valence electrons. The van der Waals surface area contributed by atoms with E-state index in [4.69, 9.17) is 0 Å². The van der Waals surface area contributed by atoms with Crippen molar-refractivity contribution < 1.29 is 4.79 Å². The third-order valence-electron chi connectivity index (χ3n) is 4.28. The van der Waals surface area contributed by atoms with E-state index < -0.39 is 0 Å². The van der Waals surface area contributed by atoms with Crippen LogP contribution in [0.1, 0.15) is 29.9 Å². The minimum absolute atomic E-state index is 0.289. The molecule has 3 rings (SSSR count). The summed E-state index contributed by atoms with van der Waals surface area (Å²) >= 11 is 0. The summed E-state index contributed by atoms with van der Waals surface area (Å²) in [6.45, 7) is 1.77. The van der Waals surface area contributed by atoms with Gasteiger partial charge in [-0.1, -0.05) is 60.7 Å². The van der Waals surface area contributed by atoms with Crippen LogP contribution in [0.15, 0.2) is 60.7 Å². The lowest BCUT2D eigenvalue weighted by Gasteiger charge is -2.16. The number of benzene rings is 2. The maximum absolute atomic E-state index is 12.3. The lowest BCUT2D eigenvalue weighted by molar-refractivity contribution is -0.130. The van der Waals surface area contributed by atoms with E-state index in [2.05, 4.69) is 36.4 Å². The molecule has 1 unspecified atom stereocenters. The van der Waals surface area contributed by atoms with Gasteiger partial charge in [0.15, 0.2) is 0 Å². The Morgan fingerprint density at radius 1 is 1.00 bits per heavy atom. The minimum atomic E-state index is 0.289. The highest BCUT2D eigenvalue weighted by Gasteiger charge is 2.26. The zero-order valence-corrected chi connectivity index (χ0v) is 12.2. The fraction of sp³-hybridized carbons (Fsp3) is 0.316. The van der Waals surface area contributed by atoms with Crippen molar-refractivity contribution in [2.45, 2.75) is 25.2 Å². The lowest BCUT2D eigenvalue weighted by atomic mass is 9.99. The number of carbonyl (C=O) groups excluding carboxylic acids is 1. The van der Waals surface area contributed by atoms with Crippen molar-refractivity contribution in [1.29, 1.82) is 0 Å². The van der Waals surface area contributed by atoms with Gasteiger partial charge in [0.1, 0.15) is 0 Å². The van der Waals surface area contributed by atoms with Crippen molar-refractivity contribution in [1.82, 2.24) is 4.90 Å². The zero-order valence-electron chi connectivity index (χ0n) is 12.2. The molecule has 1 amide bonds. The van der Waals surface area contributed by atoms with Crippen LogP contribution in [0.3, 0.4) is 0 Å². The monoisotopic (exact) mass is 279 g/mol. The summed E-state index contributed by atoms with van der Waals surface area (Å²) in [4.78, 5) is 14.3. The van der Waals surface area contributed by atoms with Crippen LogP contribution in [0.4, 0.5) is 0 Å². The van der Waals surface area contributed by atoms with Crippen LogP contribution in [0.5, 0.6) is 0 Å². The van der Waals surface area contributed by atoms with Crippen molar-refractivity contribution in [2.75, 3.05) is 13.1 Å². The predicted molar refractivity (Wildman–Crippen MR) is 85.1 cm³/mol. The van der Waals surface area contributed by atoms with Gasteiger partial charge >= 0.3 is 0 Å². The molecule has 0 spiro atoms. The summed E-state index contributed by atoms with van der Waals surface area (Å²) in [6, 6.07) is 20.8. The second kappa shape index (κ2) is 6.57. The van der Waals surface area contributed by atoms with Crippen molar-refractivity contribution in [2.24, 2.45) is 0 Å². The molecule has 0 N–H and O–H groups in total. The number of likely N-dealkylation sites (tertiary alicyclic amines) is 1. The van der Waals surface area contributed by atoms with E-state index >= 15 is 0 Å². The molecule has 2 heteroatoms. The van der Waals surface area contributed by atoms with Gasteiger partial charge in [-0.3, -0.25) is 4.79 Å². The lowest BCUT2D eigenvalue weighted by Crippen LogP contribution is -2.28. The van der Waals surface area contributed by atoms with Crippen LogP contribution in [-0.4, -0.2) is 23.9 Å². The van der Waals surface area contributed by atoms with E-state index in [9.17, 15) is 4.79 Å². The van der Waals surface area contributed by atoms with Gasteiger partial charge in [-0.25, -0.2) is 0 Å². The third kappa shape index (κ3) is 3.52. The molecule has 1 atom stereocenters. The van der Waals surface area contributed by atoms with E-state index in [1.165, 1.54) is 11.1 Å². The average molecular weight is 279 g/mol. The molecule has 1 aliphatic rings. The van der Waals surface area contributed by atoms with E-state index in [1.807, 2.05) is 29.2 Å². The van der Waals surface area contributed by atoms with Crippen LogP contribution in [0.2, 0.25) is 0 Å². The summed E-state index contributed by atoms with van der Waals surface area (Å²) in [5, 5.41) is 0. The number of hydrogen-bond donors (Lipinski definition) is 0. The largest absolute Gasteiger partial charge is 0.342 e. The van der Waals surface area contributed by atoms with Gasteiger partial charge in [-0.2, -0.15) is 0 Å². The Morgan fingerprint density at radius 3 is 2.38 bits per heavy atom. The van der Waals surface area contributed by atoms with Gasteiger partial charge in [0, 0.05) is 25.4 Å². The summed E-state index contributed by atoms with van der Waals surface area (Å²) in [6.07, 6.45) is 2.54. The minimum Gasteiger partial charge on any atom is -0.342 e. The number of rotatable bonds is 4. The first-order chi connectivity index (χ1) is 10.3. The summed E-state index contributed by atoms with van der Waals surface area (Å²) in [7, 11) is 0. The Kier molecular flexibility index (Phi) is 4.34. The highest BCUT2D eigenvalue weighted by Crippen LogP contribution is 2.27. The zero-order chi connectivity index (χ0) is 14.5. The molecule has 0 saturated carbocycles. The Bertz CT molecular complexity index is 579.